The van der Waals surface area contributed by atoms with Crippen molar-refractivity contribution in [3.05, 3.63) is 59.8 Å². The van der Waals surface area contributed by atoms with Crippen molar-refractivity contribution in [1.82, 2.24) is 0 Å². The average molecular weight is 439 g/mol. The van der Waals surface area contributed by atoms with Crippen LogP contribution in [0.3, 0.4) is 0 Å². The zero-order valence-electron chi connectivity index (χ0n) is 18.3. The number of amides is 1. The number of carbonyl (C=O) groups excluding carboxylic acids is 2. The van der Waals surface area contributed by atoms with Crippen LogP contribution in [0.25, 0.3) is 6.08 Å². The molecule has 1 amide bonds. The van der Waals surface area contributed by atoms with E-state index < -0.39 is 5.41 Å². The lowest BCUT2D eigenvalue weighted by Crippen LogP contribution is -2.31. The molecule has 0 aromatic heterocycles. The first-order chi connectivity index (χ1) is 14.7. The summed E-state index contributed by atoms with van der Waals surface area (Å²) < 4.78 is 10.5. The fourth-order valence-electron chi connectivity index (χ4n) is 2.77. The highest BCUT2D eigenvalue weighted by atomic mass is 32.2. The lowest BCUT2D eigenvalue weighted by molar-refractivity contribution is -0.123. The minimum Gasteiger partial charge on any atom is -0.497 e. The van der Waals surface area contributed by atoms with Gasteiger partial charge in [-0.25, -0.2) is 4.99 Å². The van der Waals surface area contributed by atoms with Crippen molar-refractivity contribution in [2.45, 2.75) is 20.8 Å². The number of ether oxygens (including phenoxy) is 2. The Hall–Kier alpha value is -3.06. The largest absolute Gasteiger partial charge is 0.497 e. The van der Waals surface area contributed by atoms with Crippen LogP contribution in [0.15, 0.2) is 59.2 Å². The Balaban J connectivity index is 1.95. The molecule has 162 valence electrons. The first-order valence-electron chi connectivity index (χ1n) is 9.82. The van der Waals surface area contributed by atoms with E-state index in [-0.39, 0.29) is 17.4 Å². The van der Waals surface area contributed by atoms with Crippen molar-refractivity contribution in [3.8, 4) is 11.5 Å². The van der Waals surface area contributed by atoms with Gasteiger partial charge in [0.2, 0.25) is 0 Å². The van der Waals surface area contributed by atoms with Gasteiger partial charge in [-0.1, -0.05) is 50.7 Å². The maximum Gasteiger partial charge on any atom is 0.283 e. The molecule has 0 aliphatic carbocycles. The number of carbonyl (C=O) groups is 2. The molecule has 0 saturated heterocycles. The number of methoxy groups -OCH3 is 2. The Morgan fingerprint density at radius 3 is 2.35 bits per heavy atom. The number of nitrogens with zero attached hydrogens (tertiary/aromatic N) is 2. The second kappa shape index (κ2) is 9.39. The molecule has 1 heterocycles. The molecule has 3 rings (SSSR count). The van der Waals surface area contributed by atoms with Crippen LogP contribution in [0.5, 0.6) is 11.5 Å². The summed E-state index contributed by atoms with van der Waals surface area (Å²) >= 11 is 1.26. The first-order valence-corrected chi connectivity index (χ1v) is 10.8. The lowest BCUT2D eigenvalue weighted by Gasteiger charge is -2.20. The van der Waals surface area contributed by atoms with Gasteiger partial charge in [0.1, 0.15) is 23.0 Å². The number of benzene rings is 2. The van der Waals surface area contributed by atoms with E-state index in [4.69, 9.17) is 9.47 Å². The predicted octanol–water partition coefficient (Wildman–Crippen LogP) is 4.80. The molecule has 0 atom stereocenters. The Labute approximate surface area is 187 Å². The predicted molar refractivity (Wildman–Crippen MR) is 126 cm³/mol. The maximum atomic E-state index is 13.3. The molecule has 0 bridgehead atoms. The standard InChI is InChI=1S/C24H26N2O4S/c1-24(2,3)21(27)15-31-23-25-20(13-16-9-11-18(29-4)12-10-16)22(28)26(23)17-7-6-8-19(14-17)30-5/h6-14H,15H2,1-5H3. The molecule has 2 aromatic carbocycles. The number of Topliss-reactive ketones (excluding diaryl/α,β-unsaturated/α-hetero) is 1. The molecule has 1 aliphatic heterocycles. The van der Waals surface area contributed by atoms with Gasteiger partial charge in [-0.15, -0.1) is 0 Å². The summed E-state index contributed by atoms with van der Waals surface area (Å²) in [4.78, 5) is 31.8. The molecule has 0 spiro atoms. The molecular weight excluding hydrogens is 412 g/mol. The summed E-state index contributed by atoms with van der Waals surface area (Å²) in [6.07, 6.45) is 1.73. The van der Waals surface area contributed by atoms with Crippen molar-refractivity contribution in [1.29, 1.82) is 0 Å². The molecule has 0 radical (unpaired) electrons. The van der Waals surface area contributed by atoms with E-state index in [1.165, 1.54) is 16.7 Å². The minimum atomic E-state index is -0.460. The number of rotatable bonds is 6. The first kappa shape index (κ1) is 22.6. The molecule has 7 heteroatoms. The molecule has 6 nitrogen and oxygen atoms in total. The third-order valence-electron chi connectivity index (χ3n) is 4.73. The minimum absolute atomic E-state index is 0.0887. The highest BCUT2D eigenvalue weighted by Gasteiger charge is 2.33. The average Bonchev–Trinajstić information content (AvgIpc) is 3.06. The van der Waals surface area contributed by atoms with Crippen molar-refractivity contribution in [2.24, 2.45) is 10.4 Å². The second-order valence-electron chi connectivity index (χ2n) is 8.00. The number of thioether (sulfide) groups is 1. The molecule has 0 saturated carbocycles. The summed E-state index contributed by atoms with van der Waals surface area (Å²) in [6, 6.07) is 14.6. The second-order valence-corrected chi connectivity index (χ2v) is 8.94. The number of ketones is 1. The van der Waals surface area contributed by atoms with E-state index in [1.54, 1.807) is 26.4 Å². The van der Waals surface area contributed by atoms with Crippen LogP contribution >= 0.6 is 11.8 Å². The van der Waals surface area contributed by atoms with Crippen LogP contribution in [0.4, 0.5) is 5.69 Å². The van der Waals surface area contributed by atoms with Crippen LogP contribution in [0.1, 0.15) is 26.3 Å². The summed E-state index contributed by atoms with van der Waals surface area (Å²) in [5, 5.41) is 0.468. The fourth-order valence-corrected chi connectivity index (χ4v) is 3.95. The van der Waals surface area contributed by atoms with Gasteiger partial charge in [-0.05, 0) is 35.9 Å². The van der Waals surface area contributed by atoms with E-state index in [9.17, 15) is 9.59 Å². The van der Waals surface area contributed by atoms with Gasteiger partial charge in [0.25, 0.3) is 5.91 Å². The highest BCUT2D eigenvalue weighted by molar-refractivity contribution is 8.14. The lowest BCUT2D eigenvalue weighted by atomic mass is 9.92. The van der Waals surface area contributed by atoms with E-state index in [0.29, 0.717) is 22.3 Å². The monoisotopic (exact) mass is 438 g/mol. The third kappa shape index (κ3) is 5.35. The van der Waals surface area contributed by atoms with Crippen LogP contribution in [-0.2, 0) is 9.59 Å². The Morgan fingerprint density at radius 2 is 1.74 bits per heavy atom. The molecule has 2 aromatic rings. The number of amidine groups is 1. The molecule has 0 unspecified atom stereocenters. The van der Waals surface area contributed by atoms with Gasteiger partial charge in [0, 0.05) is 11.5 Å². The fraction of sp³-hybridized carbons (Fsp3) is 0.292. The van der Waals surface area contributed by atoms with Gasteiger partial charge >= 0.3 is 0 Å². The van der Waals surface area contributed by atoms with Gasteiger partial charge < -0.3 is 9.47 Å². The van der Waals surface area contributed by atoms with E-state index in [0.717, 1.165) is 11.3 Å². The van der Waals surface area contributed by atoms with E-state index in [1.807, 2.05) is 63.2 Å². The summed E-state index contributed by atoms with van der Waals surface area (Å²) in [6.45, 7) is 5.64. The molecular formula is C24H26N2O4S. The van der Waals surface area contributed by atoms with Crippen LogP contribution in [0, 0.1) is 5.41 Å². The van der Waals surface area contributed by atoms with Crippen LogP contribution in [0.2, 0.25) is 0 Å². The molecule has 0 N–H and O–H groups in total. The molecule has 31 heavy (non-hydrogen) atoms. The zero-order chi connectivity index (χ0) is 22.6. The van der Waals surface area contributed by atoms with Gasteiger partial charge in [-0.3, -0.25) is 14.5 Å². The Kier molecular flexibility index (Phi) is 6.85. The summed E-state index contributed by atoms with van der Waals surface area (Å²) in [5.41, 5.74) is 1.31. The topological polar surface area (TPSA) is 68.2 Å². The smallest absolute Gasteiger partial charge is 0.283 e. The van der Waals surface area contributed by atoms with Crippen molar-refractivity contribution in [3.63, 3.8) is 0 Å². The maximum absolute atomic E-state index is 13.3. The third-order valence-corrected chi connectivity index (χ3v) is 5.67. The number of anilines is 1. The van der Waals surface area contributed by atoms with Gasteiger partial charge in [-0.2, -0.15) is 0 Å². The Bertz CT molecular complexity index is 1040. The van der Waals surface area contributed by atoms with Crippen molar-refractivity contribution in [2.75, 3.05) is 24.9 Å². The SMILES string of the molecule is COc1ccc(C=C2N=C(SCC(=O)C(C)(C)C)N(c3cccc(OC)c3)C2=O)cc1. The zero-order valence-corrected chi connectivity index (χ0v) is 19.2. The highest BCUT2D eigenvalue weighted by Crippen LogP contribution is 2.32. The molecule has 0 fully saturated rings. The summed E-state index contributed by atoms with van der Waals surface area (Å²) in [5.74, 6) is 1.43. The number of aliphatic imine (C=N–C) groups is 1. The Morgan fingerprint density at radius 1 is 1.06 bits per heavy atom. The van der Waals surface area contributed by atoms with E-state index >= 15 is 0 Å². The van der Waals surface area contributed by atoms with Crippen molar-refractivity contribution >= 4 is 40.4 Å². The number of hydrogen-bond donors (Lipinski definition) is 0. The normalized spacial score (nSPS) is 15.3. The van der Waals surface area contributed by atoms with Gasteiger partial charge in [0.05, 0.1) is 25.7 Å². The van der Waals surface area contributed by atoms with Gasteiger partial charge in [0.15, 0.2) is 5.17 Å². The van der Waals surface area contributed by atoms with Crippen LogP contribution in [-0.4, -0.2) is 36.8 Å². The van der Waals surface area contributed by atoms with Crippen molar-refractivity contribution < 1.29 is 19.1 Å². The quantitative estimate of drug-likeness (QED) is 0.606. The summed E-state index contributed by atoms with van der Waals surface area (Å²) in [7, 11) is 3.18. The molecule has 1 aliphatic rings. The number of hydrogen-bond acceptors (Lipinski definition) is 6. The van der Waals surface area contributed by atoms with Crippen LogP contribution < -0.4 is 14.4 Å². The van der Waals surface area contributed by atoms with E-state index in [2.05, 4.69) is 4.99 Å².